The highest BCUT2D eigenvalue weighted by molar-refractivity contribution is 5.80. The van der Waals surface area contributed by atoms with E-state index in [2.05, 4.69) is 4.74 Å². The number of alkyl halides is 3. The van der Waals surface area contributed by atoms with E-state index < -0.39 is 12.8 Å². The van der Waals surface area contributed by atoms with E-state index in [0.29, 0.717) is 13.1 Å². The van der Waals surface area contributed by atoms with Crippen molar-refractivity contribution in [3.8, 4) is 0 Å². The Balaban J connectivity index is 3.74. The van der Waals surface area contributed by atoms with E-state index in [1.807, 2.05) is 13.8 Å². The lowest BCUT2D eigenvalue weighted by Gasteiger charge is -2.21. The number of nitrogens with one attached hydrogen (secondary N) is 1. The van der Waals surface area contributed by atoms with Crippen LogP contribution in [-0.4, -0.2) is 43.2 Å². The third-order valence-corrected chi connectivity index (χ3v) is 1.65. The van der Waals surface area contributed by atoms with Crippen molar-refractivity contribution >= 4 is 5.84 Å². The molecule has 0 aromatic heterocycles. The number of hydrogen-bond donors (Lipinski definition) is 1. The minimum Gasteiger partial charge on any atom is -0.364 e. The first-order valence-corrected chi connectivity index (χ1v) is 4.37. The molecule has 0 radical (unpaired) electrons. The summed E-state index contributed by atoms with van der Waals surface area (Å²) in [5.41, 5.74) is 0. The molecule has 3 nitrogen and oxygen atoms in total. The van der Waals surface area contributed by atoms with E-state index in [0.717, 1.165) is 0 Å². The van der Waals surface area contributed by atoms with E-state index in [9.17, 15) is 13.2 Å². The van der Waals surface area contributed by atoms with Crippen molar-refractivity contribution in [2.45, 2.75) is 20.0 Å². The predicted molar refractivity (Wildman–Crippen MR) is 47.5 cm³/mol. The maximum absolute atomic E-state index is 11.7. The molecule has 0 atom stereocenters. The van der Waals surface area contributed by atoms with Gasteiger partial charge in [0, 0.05) is 13.1 Å². The topological polar surface area (TPSA) is 36.3 Å². The van der Waals surface area contributed by atoms with Gasteiger partial charge in [0.05, 0.1) is 0 Å². The van der Waals surface area contributed by atoms with Gasteiger partial charge >= 0.3 is 6.18 Å². The van der Waals surface area contributed by atoms with Crippen LogP contribution >= 0.6 is 0 Å². The Hall–Kier alpha value is -0.780. The summed E-state index contributed by atoms with van der Waals surface area (Å²) in [6.07, 6.45) is -4.32. The highest BCUT2D eigenvalue weighted by Crippen LogP contribution is 2.14. The van der Waals surface area contributed by atoms with Gasteiger partial charge in [-0.05, 0) is 13.8 Å². The maximum atomic E-state index is 11.7. The Labute approximate surface area is 81.3 Å². The molecule has 0 spiro atoms. The second-order valence-electron chi connectivity index (χ2n) is 2.73. The summed E-state index contributed by atoms with van der Waals surface area (Å²) in [5, 5.41) is 7.39. The molecule has 0 saturated heterocycles. The van der Waals surface area contributed by atoms with Gasteiger partial charge in [0.2, 0.25) is 0 Å². The summed E-state index contributed by atoms with van der Waals surface area (Å²) in [5.74, 6) is 0.0826. The molecule has 0 amide bonds. The first-order chi connectivity index (χ1) is 6.40. The maximum Gasteiger partial charge on any atom is 0.411 e. The number of rotatable bonds is 5. The smallest absolute Gasteiger partial charge is 0.364 e. The fourth-order valence-electron chi connectivity index (χ4n) is 0.960. The first-order valence-electron chi connectivity index (χ1n) is 4.37. The molecule has 0 aliphatic heterocycles. The van der Waals surface area contributed by atoms with E-state index in [1.165, 1.54) is 0 Å². The molecule has 6 heteroatoms. The molecule has 0 aromatic rings. The molecule has 0 bridgehead atoms. The Kier molecular flexibility index (Phi) is 5.52. The molecule has 84 valence electrons. The number of nitrogens with zero attached hydrogens (tertiary/aromatic N) is 1. The zero-order valence-corrected chi connectivity index (χ0v) is 8.32. The Bertz CT molecular complexity index is 178. The lowest BCUT2D eigenvalue weighted by molar-refractivity contribution is -0.170. The fraction of sp³-hybridized carbons (Fsp3) is 0.875. The van der Waals surface area contributed by atoms with E-state index in [-0.39, 0.29) is 12.4 Å². The molecule has 0 fully saturated rings. The van der Waals surface area contributed by atoms with Gasteiger partial charge in [0.1, 0.15) is 19.0 Å². The molecule has 0 heterocycles. The number of ether oxygens (including phenoxy) is 1. The highest BCUT2D eigenvalue weighted by Gasteiger charge is 2.27. The zero-order chi connectivity index (χ0) is 11.2. The summed E-state index contributed by atoms with van der Waals surface area (Å²) in [4.78, 5) is 1.64. The van der Waals surface area contributed by atoms with Crippen molar-refractivity contribution in [3.05, 3.63) is 0 Å². The van der Waals surface area contributed by atoms with Gasteiger partial charge in [-0.2, -0.15) is 13.2 Å². The Morgan fingerprint density at radius 2 is 1.79 bits per heavy atom. The lowest BCUT2D eigenvalue weighted by atomic mass is 10.4. The molecule has 0 aromatic carbocycles. The molecule has 0 rings (SSSR count). The summed E-state index contributed by atoms with van der Waals surface area (Å²) in [6, 6.07) is 0. The number of halogens is 3. The summed E-state index contributed by atoms with van der Waals surface area (Å²) < 4.78 is 39.3. The third kappa shape index (κ3) is 5.80. The monoisotopic (exact) mass is 212 g/mol. The van der Waals surface area contributed by atoms with Crippen molar-refractivity contribution < 1.29 is 17.9 Å². The van der Waals surface area contributed by atoms with E-state index in [4.69, 9.17) is 5.41 Å². The highest BCUT2D eigenvalue weighted by atomic mass is 19.4. The van der Waals surface area contributed by atoms with Crippen LogP contribution in [0.1, 0.15) is 13.8 Å². The molecule has 0 aliphatic rings. The molecular formula is C8H15F3N2O. The minimum absolute atomic E-state index is 0.0826. The number of amidine groups is 1. The molecule has 14 heavy (non-hydrogen) atoms. The normalized spacial score (nSPS) is 11.5. The van der Waals surface area contributed by atoms with Crippen LogP contribution in [0, 0.1) is 5.41 Å². The fourth-order valence-corrected chi connectivity index (χ4v) is 0.960. The predicted octanol–water partition coefficient (Wildman–Crippen LogP) is 1.88. The molecule has 1 N–H and O–H groups in total. The van der Waals surface area contributed by atoms with Crippen molar-refractivity contribution in [1.82, 2.24) is 4.90 Å². The van der Waals surface area contributed by atoms with Crippen LogP contribution in [-0.2, 0) is 4.74 Å². The number of likely N-dealkylation sites (N-methyl/N-ethyl adjacent to an activating group) is 1. The van der Waals surface area contributed by atoms with E-state index in [1.54, 1.807) is 4.90 Å². The van der Waals surface area contributed by atoms with Gasteiger partial charge in [-0.15, -0.1) is 0 Å². The zero-order valence-electron chi connectivity index (χ0n) is 8.32. The van der Waals surface area contributed by atoms with Crippen molar-refractivity contribution in [2.24, 2.45) is 0 Å². The average Bonchev–Trinajstić information content (AvgIpc) is 2.04. The quantitative estimate of drug-likeness (QED) is 0.558. The summed E-state index contributed by atoms with van der Waals surface area (Å²) in [6.45, 7) is 3.29. The van der Waals surface area contributed by atoms with Gasteiger partial charge in [-0.3, -0.25) is 5.41 Å². The Morgan fingerprint density at radius 1 is 1.29 bits per heavy atom. The standard InChI is InChI=1S/C8H15F3N2O/c1-3-13(4-2)7(12)5-14-6-8(9,10)11/h12H,3-6H2,1-2H3. The first kappa shape index (κ1) is 13.2. The van der Waals surface area contributed by atoms with Crippen LogP contribution in [0.2, 0.25) is 0 Å². The van der Waals surface area contributed by atoms with Crippen LogP contribution < -0.4 is 0 Å². The summed E-state index contributed by atoms with van der Waals surface area (Å²) >= 11 is 0. The second-order valence-corrected chi connectivity index (χ2v) is 2.73. The molecule has 0 aliphatic carbocycles. The molecule has 0 saturated carbocycles. The van der Waals surface area contributed by atoms with Gasteiger partial charge in [-0.25, -0.2) is 0 Å². The Morgan fingerprint density at radius 3 is 2.14 bits per heavy atom. The lowest BCUT2D eigenvalue weighted by Crippen LogP contribution is -2.34. The van der Waals surface area contributed by atoms with Crippen molar-refractivity contribution in [1.29, 1.82) is 5.41 Å². The SMILES string of the molecule is CCN(CC)C(=N)COCC(F)(F)F. The van der Waals surface area contributed by atoms with Crippen LogP contribution in [0.25, 0.3) is 0 Å². The van der Waals surface area contributed by atoms with Gasteiger partial charge in [0.15, 0.2) is 0 Å². The largest absolute Gasteiger partial charge is 0.411 e. The molecular weight excluding hydrogens is 197 g/mol. The second kappa shape index (κ2) is 5.85. The molecule has 0 unspecified atom stereocenters. The van der Waals surface area contributed by atoms with Crippen LogP contribution in [0.3, 0.4) is 0 Å². The average molecular weight is 212 g/mol. The number of hydrogen-bond acceptors (Lipinski definition) is 2. The van der Waals surface area contributed by atoms with Crippen molar-refractivity contribution in [2.75, 3.05) is 26.3 Å². The van der Waals surface area contributed by atoms with E-state index >= 15 is 0 Å². The third-order valence-electron chi connectivity index (χ3n) is 1.65. The van der Waals surface area contributed by atoms with Crippen LogP contribution in [0.15, 0.2) is 0 Å². The van der Waals surface area contributed by atoms with Gasteiger partial charge < -0.3 is 9.64 Å². The van der Waals surface area contributed by atoms with Gasteiger partial charge in [-0.1, -0.05) is 0 Å². The van der Waals surface area contributed by atoms with Gasteiger partial charge in [0.25, 0.3) is 0 Å². The minimum atomic E-state index is -4.32. The van der Waals surface area contributed by atoms with Crippen molar-refractivity contribution in [3.63, 3.8) is 0 Å². The summed E-state index contributed by atoms with van der Waals surface area (Å²) in [7, 11) is 0. The van der Waals surface area contributed by atoms with Crippen LogP contribution in [0.4, 0.5) is 13.2 Å². The van der Waals surface area contributed by atoms with Crippen LogP contribution in [0.5, 0.6) is 0 Å².